The second-order valence-electron chi connectivity index (χ2n) is 4.78. The fourth-order valence-corrected chi connectivity index (χ4v) is 1.86. The highest BCUT2D eigenvalue weighted by atomic mass is 35.5. The predicted molar refractivity (Wildman–Crippen MR) is 92.1 cm³/mol. The molecule has 3 N–H and O–H groups in total. The summed E-state index contributed by atoms with van der Waals surface area (Å²) in [5, 5.41) is 2.88. The SMILES string of the molecule is Cc1nccn1-c1ncccc1NC(=O)CCC(C)N.Cl.Cl. The van der Waals surface area contributed by atoms with E-state index >= 15 is 0 Å². The number of rotatable bonds is 5. The summed E-state index contributed by atoms with van der Waals surface area (Å²) >= 11 is 0. The smallest absolute Gasteiger partial charge is 0.224 e. The topological polar surface area (TPSA) is 85.8 Å². The van der Waals surface area contributed by atoms with Crippen LogP contribution in [-0.4, -0.2) is 26.5 Å². The summed E-state index contributed by atoms with van der Waals surface area (Å²) in [6.45, 7) is 3.77. The number of nitrogens with zero attached hydrogens (tertiary/aromatic N) is 3. The predicted octanol–water partition coefficient (Wildman–Crippen LogP) is 2.49. The first-order valence-corrected chi connectivity index (χ1v) is 6.58. The van der Waals surface area contributed by atoms with E-state index in [4.69, 9.17) is 5.73 Å². The average Bonchev–Trinajstić information content (AvgIpc) is 2.83. The molecule has 8 heteroatoms. The van der Waals surface area contributed by atoms with Gasteiger partial charge in [-0.25, -0.2) is 9.97 Å². The molecule has 0 saturated carbocycles. The molecule has 122 valence electrons. The Bertz CT molecular complexity index is 600. The van der Waals surface area contributed by atoms with Gasteiger partial charge in [0.25, 0.3) is 0 Å². The second kappa shape index (κ2) is 9.40. The molecule has 0 aromatic carbocycles. The van der Waals surface area contributed by atoms with Gasteiger partial charge in [-0.05, 0) is 32.4 Å². The molecule has 1 amide bonds. The standard InChI is InChI=1S/C14H19N5O.2ClH/c1-10(15)5-6-13(20)18-12-4-3-7-17-14(12)19-9-8-16-11(19)2;;/h3-4,7-10H,5-6,15H2,1-2H3,(H,18,20);2*1H. The van der Waals surface area contributed by atoms with E-state index in [1.165, 1.54) is 0 Å². The maximum Gasteiger partial charge on any atom is 0.224 e. The molecule has 0 aliphatic carbocycles. The minimum Gasteiger partial charge on any atom is -0.328 e. The number of amides is 1. The number of hydrogen-bond acceptors (Lipinski definition) is 4. The molecule has 6 nitrogen and oxygen atoms in total. The lowest BCUT2D eigenvalue weighted by Gasteiger charge is -2.12. The molecule has 0 saturated heterocycles. The summed E-state index contributed by atoms with van der Waals surface area (Å²) in [5.41, 5.74) is 6.33. The molecule has 2 heterocycles. The number of carbonyl (C=O) groups is 1. The van der Waals surface area contributed by atoms with Crippen molar-refractivity contribution in [2.24, 2.45) is 5.73 Å². The van der Waals surface area contributed by atoms with E-state index in [-0.39, 0.29) is 36.8 Å². The number of aryl methyl sites for hydroxylation is 1. The number of aromatic nitrogens is 3. The van der Waals surface area contributed by atoms with E-state index in [1.807, 2.05) is 30.7 Å². The van der Waals surface area contributed by atoms with Crippen LogP contribution in [0, 0.1) is 6.92 Å². The molecule has 0 aliphatic rings. The molecule has 0 aliphatic heterocycles. The van der Waals surface area contributed by atoms with Crippen molar-refractivity contribution in [1.29, 1.82) is 0 Å². The molecule has 2 aromatic rings. The van der Waals surface area contributed by atoms with Crippen molar-refractivity contribution < 1.29 is 4.79 Å². The van der Waals surface area contributed by atoms with Crippen LogP contribution in [0.2, 0.25) is 0 Å². The number of pyridine rings is 1. The van der Waals surface area contributed by atoms with E-state index in [9.17, 15) is 4.79 Å². The fourth-order valence-electron chi connectivity index (χ4n) is 1.86. The number of nitrogens with one attached hydrogen (secondary N) is 1. The Morgan fingerprint density at radius 2 is 2.09 bits per heavy atom. The Balaban J connectivity index is 0.00000220. The Hall–Kier alpha value is -1.63. The van der Waals surface area contributed by atoms with Gasteiger partial charge in [-0.2, -0.15) is 0 Å². The number of nitrogens with two attached hydrogens (primary N) is 1. The molecule has 0 bridgehead atoms. The maximum absolute atomic E-state index is 11.9. The lowest BCUT2D eigenvalue weighted by molar-refractivity contribution is -0.116. The van der Waals surface area contributed by atoms with Gasteiger partial charge < -0.3 is 11.1 Å². The van der Waals surface area contributed by atoms with E-state index in [1.54, 1.807) is 18.5 Å². The van der Waals surface area contributed by atoms with Crippen LogP contribution in [0.1, 0.15) is 25.6 Å². The average molecular weight is 346 g/mol. The van der Waals surface area contributed by atoms with E-state index < -0.39 is 0 Å². The van der Waals surface area contributed by atoms with Crippen molar-refractivity contribution in [2.45, 2.75) is 32.7 Å². The van der Waals surface area contributed by atoms with Crippen LogP contribution in [0.15, 0.2) is 30.7 Å². The van der Waals surface area contributed by atoms with Crippen molar-refractivity contribution in [3.05, 3.63) is 36.5 Å². The van der Waals surface area contributed by atoms with Crippen LogP contribution < -0.4 is 11.1 Å². The molecule has 1 unspecified atom stereocenters. The molecule has 0 spiro atoms. The highest BCUT2D eigenvalue weighted by molar-refractivity contribution is 5.92. The highest BCUT2D eigenvalue weighted by Gasteiger charge is 2.11. The Kier molecular flexibility index (Phi) is 8.70. The van der Waals surface area contributed by atoms with Crippen LogP contribution in [0.4, 0.5) is 5.69 Å². The number of carbonyl (C=O) groups excluding carboxylic acids is 1. The second-order valence-corrected chi connectivity index (χ2v) is 4.78. The maximum atomic E-state index is 11.9. The molecule has 22 heavy (non-hydrogen) atoms. The van der Waals surface area contributed by atoms with Crippen molar-refractivity contribution in [1.82, 2.24) is 14.5 Å². The summed E-state index contributed by atoms with van der Waals surface area (Å²) in [6.07, 6.45) is 6.26. The van der Waals surface area contributed by atoms with Crippen LogP contribution in [0.3, 0.4) is 0 Å². The van der Waals surface area contributed by atoms with Crippen LogP contribution >= 0.6 is 24.8 Å². The van der Waals surface area contributed by atoms with Gasteiger partial charge in [-0.1, -0.05) is 0 Å². The summed E-state index contributed by atoms with van der Waals surface area (Å²) in [7, 11) is 0. The number of imidazole rings is 1. The van der Waals surface area contributed by atoms with Crippen molar-refractivity contribution >= 4 is 36.4 Å². The summed E-state index contributed by atoms with van der Waals surface area (Å²) in [5.74, 6) is 1.42. The van der Waals surface area contributed by atoms with Gasteiger partial charge in [0.05, 0.1) is 5.69 Å². The van der Waals surface area contributed by atoms with Crippen LogP contribution in [0.5, 0.6) is 0 Å². The number of anilines is 1. The van der Waals surface area contributed by atoms with Gasteiger partial charge in [0, 0.05) is 31.1 Å². The minimum atomic E-state index is -0.0608. The van der Waals surface area contributed by atoms with Gasteiger partial charge in [-0.15, -0.1) is 24.8 Å². The van der Waals surface area contributed by atoms with Gasteiger partial charge in [0.1, 0.15) is 5.82 Å². The first-order valence-electron chi connectivity index (χ1n) is 6.58. The fraction of sp³-hybridized carbons (Fsp3) is 0.357. The van der Waals surface area contributed by atoms with Crippen LogP contribution in [0.25, 0.3) is 5.82 Å². The normalized spacial score (nSPS) is 11.0. The van der Waals surface area contributed by atoms with E-state index in [0.29, 0.717) is 24.3 Å². The Morgan fingerprint density at radius 3 is 2.68 bits per heavy atom. The Labute approximate surface area is 142 Å². The molecule has 2 rings (SSSR count). The van der Waals surface area contributed by atoms with Crippen molar-refractivity contribution in [2.75, 3.05) is 5.32 Å². The summed E-state index contributed by atoms with van der Waals surface area (Å²) < 4.78 is 1.83. The van der Waals surface area contributed by atoms with Gasteiger partial charge in [0.2, 0.25) is 5.91 Å². The largest absolute Gasteiger partial charge is 0.328 e. The first-order chi connectivity index (χ1) is 9.58. The summed E-state index contributed by atoms with van der Waals surface area (Å²) in [6, 6.07) is 3.63. The third kappa shape index (κ3) is 5.29. The molecule has 1 atom stereocenters. The van der Waals surface area contributed by atoms with Gasteiger partial charge in [0.15, 0.2) is 5.82 Å². The number of hydrogen-bond donors (Lipinski definition) is 2. The Morgan fingerprint density at radius 1 is 1.36 bits per heavy atom. The van der Waals surface area contributed by atoms with E-state index in [0.717, 1.165) is 5.82 Å². The molecular formula is C14H21Cl2N5O. The minimum absolute atomic E-state index is 0. The highest BCUT2D eigenvalue weighted by Crippen LogP contribution is 2.18. The van der Waals surface area contributed by atoms with Crippen molar-refractivity contribution in [3.8, 4) is 5.82 Å². The molecule has 0 radical (unpaired) electrons. The first kappa shape index (κ1) is 20.4. The zero-order valence-electron chi connectivity index (χ0n) is 12.5. The van der Waals surface area contributed by atoms with Crippen molar-refractivity contribution in [3.63, 3.8) is 0 Å². The lowest BCUT2D eigenvalue weighted by Crippen LogP contribution is -2.20. The lowest BCUT2D eigenvalue weighted by atomic mass is 10.2. The van der Waals surface area contributed by atoms with Gasteiger partial charge >= 0.3 is 0 Å². The monoisotopic (exact) mass is 345 g/mol. The zero-order valence-corrected chi connectivity index (χ0v) is 14.2. The molecule has 2 aromatic heterocycles. The third-order valence-electron chi connectivity index (χ3n) is 2.94. The van der Waals surface area contributed by atoms with Gasteiger partial charge in [-0.3, -0.25) is 9.36 Å². The summed E-state index contributed by atoms with van der Waals surface area (Å²) in [4.78, 5) is 20.4. The zero-order chi connectivity index (χ0) is 14.5. The van der Waals surface area contributed by atoms with Crippen LogP contribution in [-0.2, 0) is 4.79 Å². The molecular weight excluding hydrogens is 325 g/mol. The molecule has 0 fully saturated rings. The van der Waals surface area contributed by atoms with E-state index in [2.05, 4.69) is 15.3 Å². The quantitative estimate of drug-likeness (QED) is 0.871. The number of halogens is 2. The third-order valence-corrected chi connectivity index (χ3v) is 2.94.